The summed E-state index contributed by atoms with van der Waals surface area (Å²) in [5, 5.41) is 5.22. The molecule has 29 heavy (non-hydrogen) atoms. The highest BCUT2D eigenvalue weighted by molar-refractivity contribution is 7.89. The van der Waals surface area contributed by atoms with E-state index >= 15 is 0 Å². The second-order valence-corrected chi connectivity index (χ2v) is 8.29. The summed E-state index contributed by atoms with van der Waals surface area (Å²) >= 11 is 0. The predicted molar refractivity (Wildman–Crippen MR) is 109 cm³/mol. The van der Waals surface area contributed by atoms with Crippen LogP contribution in [0.3, 0.4) is 0 Å². The molecule has 2 amide bonds. The van der Waals surface area contributed by atoms with Gasteiger partial charge in [-0.15, -0.1) is 0 Å². The molecule has 2 rings (SSSR count). The van der Waals surface area contributed by atoms with Gasteiger partial charge in [-0.2, -0.15) is 0 Å². The Balaban J connectivity index is 1.98. The Labute approximate surface area is 170 Å². The molecule has 2 aromatic rings. The van der Waals surface area contributed by atoms with Crippen LogP contribution < -0.4 is 20.1 Å². The molecule has 0 radical (unpaired) electrons. The van der Waals surface area contributed by atoms with Gasteiger partial charge >= 0.3 is 0 Å². The number of carbonyl (C=O) groups excluding carboxylic acids is 2. The van der Waals surface area contributed by atoms with Gasteiger partial charge in [-0.05, 0) is 61.9 Å². The van der Waals surface area contributed by atoms with Gasteiger partial charge < -0.3 is 15.4 Å². The fourth-order valence-corrected chi connectivity index (χ4v) is 3.68. The van der Waals surface area contributed by atoms with Crippen molar-refractivity contribution in [2.75, 3.05) is 20.7 Å². The Hall–Kier alpha value is -2.91. The first-order valence-electron chi connectivity index (χ1n) is 8.90. The number of methoxy groups -OCH3 is 1. The van der Waals surface area contributed by atoms with Crippen molar-refractivity contribution in [1.29, 1.82) is 0 Å². The molecule has 0 heterocycles. The molecule has 3 N–H and O–H groups in total. The second kappa shape index (κ2) is 9.53. The molecule has 0 aliphatic heterocycles. The SMILES string of the molecule is CNS(=O)(=O)c1cc(C(=O)NCC(=O)NCc2ccc(OC)cc2)cc(C)c1C. The topological polar surface area (TPSA) is 114 Å². The molecule has 0 saturated carbocycles. The van der Waals surface area contributed by atoms with E-state index in [1.165, 1.54) is 13.1 Å². The molecule has 0 aliphatic carbocycles. The third kappa shape index (κ3) is 5.78. The number of ether oxygens (including phenoxy) is 1. The van der Waals surface area contributed by atoms with Gasteiger partial charge in [0.2, 0.25) is 15.9 Å². The molecule has 0 unspecified atom stereocenters. The number of hydrogen-bond donors (Lipinski definition) is 3. The fraction of sp³-hybridized carbons (Fsp3) is 0.300. The molecule has 0 atom stereocenters. The van der Waals surface area contributed by atoms with Crippen LogP contribution in [0.15, 0.2) is 41.3 Å². The molecule has 0 spiro atoms. The smallest absolute Gasteiger partial charge is 0.251 e. The number of benzene rings is 2. The van der Waals surface area contributed by atoms with Crippen LogP contribution in [0.25, 0.3) is 0 Å². The monoisotopic (exact) mass is 419 g/mol. The van der Waals surface area contributed by atoms with Crippen LogP contribution in [-0.4, -0.2) is 40.9 Å². The molecule has 0 saturated heterocycles. The van der Waals surface area contributed by atoms with Gasteiger partial charge in [-0.25, -0.2) is 13.1 Å². The van der Waals surface area contributed by atoms with Crippen molar-refractivity contribution < 1.29 is 22.7 Å². The standard InChI is InChI=1S/C20H25N3O5S/c1-13-9-16(10-18(14(13)2)29(26,27)21-3)20(25)23-12-19(24)22-11-15-5-7-17(28-4)8-6-15/h5-10,21H,11-12H2,1-4H3,(H,22,24)(H,23,25). The molecule has 0 bridgehead atoms. The molecule has 0 aliphatic rings. The van der Waals surface area contributed by atoms with E-state index < -0.39 is 15.9 Å². The lowest BCUT2D eigenvalue weighted by molar-refractivity contribution is -0.120. The van der Waals surface area contributed by atoms with E-state index in [0.717, 1.165) is 11.3 Å². The van der Waals surface area contributed by atoms with Gasteiger partial charge in [0.05, 0.1) is 18.6 Å². The van der Waals surface area contributed by atoms with E-state index in [1.54, 1.807) is 39.2 Å². The minimum absolute atomic E-state index is 0.0362. The largest absolute Gasteiger partial charge is 0.497 e. The van der Waals surface area contributed by atoms with E-state index in [2.05, 4.69) is 15.4 Å². The summed E-state index contributed by atoms with van der Waals surface area (Å²) in [5.74, 6) is -0.165. The van der Waals surface area contributed by atoms with Gasteiger partial charge in [0.1, 0.15) is 5.75 Å². The average molecular weight is 420 g/mol. The highest BCUT2D eigenvalue weighted by atomic mass is 32.2. The van der Waals surface area contributed by atoms with Gasteiger partial charge in [0.15, 0.2) is 0 Å². The fourth-order valence-electron chi connectivity index (χ4n) is 2.62. The van der Waals surface area contributed by atoms with Crippen LogP contribution in [0.5, 0.6) is 5.75 Å². The number of aryl methyl sites for hydroxylation is 1. The van der Waals surface area contributed by atoms with Crippen LogP contribution in [0, 0.1) is 13.8 Å². The average Bonchev–Trinajstić information content (AvgIpc) is 2.72. The summed E-state index contributed by atoms with van der Waals surface area (Å²) in [6, 6.07) is 10.1. The first kappa shape index (κ1) is 22.4. The Morgan fingerprint density at radius 3 is 2.28 bits per heavy atom. The summed E-state index contributed by atoms with van der Waals surface area (Å²) < 4.78 is 31.6. The van der Waals surface area contributed by atoms with Crippen molar-refractivity contribution in [1.82, 2.24) is 15.4 Å². The summed E-state index contributed by atoms with van der Waals surface area (Å²) in [7, 11) is -0.816. The van der Waals surface area contributed by atoms with Crippen molar-refractivity contribution in [3.8, 4) is 5.75 Å². The van der Waals surface area contributed by atoms with E-state index in [-0.39, 0.29) is 22.9 Å². The maximum absolute atomic E-state index is 12.4. The van der Waals surface area contributed by atoms with Crippen molar-refractivity contribution >= 4 is 21.8 Å². The predicted octanol–water partition coefficient (Wildman–Crippen LogP) is 1.27. The highest BCUT2D eigenvalue weighted by Crippen LogP contribution is 2.21. The van der Waals surface area contributed by atoms with E-state index in [0.29, 0.717) is 17.7 Å². The number of hydrogen-bond acceptors (Lipinski definition) is 5. The zero-order valence-electron chi connectivity index (χ0n) is 16.8. The van der Waals surface area contributed by atoms with Gasteiger partial charge in [0.25, 0.3) is 5.91 Å². The summed E-state index contributed by atoms with van der Waals surface area (Å²) in [6.07, 6.45) is 0. The molecule has 0 aromatic heterocycles. The Kier molecular flexibility index (Phi) is 7.35. The summed E-state index contributed by atoms with van der Waals surface area (Å²) in [6.45, 7) is 3.49. The number of rotatable bonds is 8. The Morgan fingerprint density at radius 2 is 1.69 bits per heavy atom. The number of amides is 2. The quantitative estimate of drug-likeness (QED) is 0.596. The van der Waals surface area contributed by atoms with Crippen LogP contribution in [-0.2, 0) is 21.4 Å². The zero-order chi connectivity index (χ0) is 21.6. The summed E-state index contributed by atoms with van der Waals surface area (Å²) in [5.41, 5.74) is 2.29. The highest BCUT2D eigenvalue weighted by Gasteiger charge is 2.19. The number of carbonyl (C=O) groups is 2. The van der Waals surface area contributed by atoms with Gasteiger partial charge in [0, 0.05) is 12.1 Å². The summed E-state index contributed by atoms with van der Waals surface area (Å²) in [4.78, 5) is 24.5. The van der Waals surface area contributed by atoms with E-state index in [9.17, 15) is 18.0 Å². The lowest BCUT2D eigenvalue weighted by Gasteiger charge is -2.12. The van der Waals surface area contributed by atoms with Crippen molar-refractivity contribution in [2.45, 2.75) is 25.3 Å². The normalized spacial score (nSPS) is 11.0. The molecule has 156 valence electrons. The van der Waals surface area contributed by atoms with Gasteiger partial charge in [-0.1, -0.05) is 12.1 Å². The minimum atomic E-state index is -3.70. The van der Waals surface area contributed by atoms with E-state index in [1.807, 2.05) is 12.1 Å². The molecule has 2 aromatic carbocycles. The molecule has 9 heteroatoms. The lowest BCUT2D eigenvalue weighted by atomic mass is 10.1. The molecule has 0 fully saturated rings. The maximum atomic E-state index is 12.4. The number of nitrogens with one attached hydrogen (secondary N) is 3. The van der Waals surface area contributed by atoms with Gasteiger partial charge in [-0.3, -0.25) is 9.59 Å². The molecular formula is C20H25N3O5S. The molecule has 8 nitrogen and oxygen atoms in total. The third-order valence-electron chi connectivity index (χ3n) is 4.50. The Morgan fingerprint density at radius 1 is 1.03 bits per heavy atom. The Bertz CT molecular complexity index is 1000. The second-order valence-electron chi connectivity index (χ2n) is 6.43. The van der Waals surface area contributed by atoms with Crippen LogP contribution in [0.2, 0.25) is 0 Å². The third-order valence-corrected chi connectivity index (χ3v) is 6.04. The van der Waals surface area contributed by atoms with Crippen molar-refractivity contribution in [3.05, 3.63) is 58.7 Å². The number of sulfonamides is 1. The first-order chi connectivity index (χ1) is 13.7. The lowest BCUT2D eigenvalue weighted by Crippen LogP contribution is -2.36. The minimum Gasteiger partial charge on any atom is -0.497 e. The first-order valence-corrected chi connectivity index (χ1v) is 10.4. The zero-order valence-corrected chi connectivity index (χ0v) is 17.6. The van der Waals surface area contributed by atoms with E-state index in [4.69, 9.17) is 4.74 Å². The maximum Gasteiger partial charge on any atom is 0.251 e. The van der Waals surface area contributed by atoms with Crippen molar-refractivity contribution in [2.24, 2.45) is 0 Å². The van der Waals surface area contributed by atoms with Crippen LogP contribution in [0.1, 0.15) is 27.0 Å². The van der Waals surface area contributed by atoms with Crippen LogP contribution in [0.4, 0.5) is 0 Å². The molecular weight excluding hydrogens is 394 g/mol. The van der Waals surface area contributed by atoms with Crippen LogP contribution >= 0.6 is 0 Å². The van der Waals surface area contributed by atoms with Crippen molar-refractivity contribution in [3.63, 3.8) is 0 Å².